The largest absolute Gasteiger partial charge is 0.349 e. The van der Waals surface area contributed by atoms with Gasteiger partial charge in [-0.2, -0.15) is 0 Å². The third-order valence-electron chi connectivity index (χ3n) is 5.54. The summed E-state index contributed by atoms with van der Waals surface area (Å²) in [7, 11) is 0. The molecule has 0 aromatic heterocycles. The number of aryl methyl sites for hydroxylation is 1. The zero-order valence-corrected chi connectivity index (χ0v) is 16.9. The molecule has 0 atom stereocenters. The van der Waals surface area contributed by atoms with E-state index in [1.54, 1.807) is 0 Å². The highest BCUT2D eigenvalue weighted by molar-refractivity contribution is 5.95. The molecular weight excluding hydrogens is 338 g/mol. The molecule has 0 bridgehead atoms. The minimum Gasteiger partial charge on any atom is -0.349 e. The van der Waals surface area contributed by atoms with Gasteiger partial charge in [0, 0.05) is 37.3 Å². The Hall–Kier alpha value is -1.88. The average Bonchev–Trinajstić information content (AvgIpc) is 3.46. The number of nitrogens with zero attached hydrogens (tertiary/aromatic N) is 2. The number of carbonyl (C=O) groups is 2. The molecule has 0 spiro atoms. The van der Waals surface area contributed by atoms with Gasteiger partial charge in [-0.1, -0.05) is 32.0 Å². The molecule has 2 aliphatic rings. The van der Waals surface area contributed by atoms with Crippen molar-refractivity contribution >= 4 is 11.8 Å². The Morgan fingerprint density at radius 2 is 1.81 bits per heavy atom. The van der Waals surface area contributed by atoms with Crippen LogP contribution in [0.25, 0.3) is 0 Å². The third-order valence-corrected chi connectivity index (χ3v) is 5.54. The third kappa shape index (κ3) is 5.55. The maximum Gasteiger partial charge on any atom is 0.251 e. The summed E-state index contributed by atoms with van der Waals surface area (Å²) in [6, 6.07) is 8.36. The molecule has 148 valence electrons. The van der Waals surface area contributed by atoms with E-state index in [4.69, 9.17) is 0 Å². The summed E-state index contributed by atoms with van der Waals surface area (Å²) in [5, 5.41) is 3.17. The maximum absolute atomic E-state index is 12.7. The zero-order valence-electron chi connectivity index (χ0n) is 16.9. The molecule has 1 N–H and O–H groups in total. The van der Waals surface area contributed by atoms with Crippen LogP contribution >= 0.6 is 0 Å². The molecule has 2 fully saturated rings. The van der Waals surface area contributed by atoms with Crippen molar-refractivity contribution in [3.8, 4) is 0 Å². The summed E-state index contributed by atoms with van der Waals surface area (Å²) in [4.78, 5) is 29.5. The van der Waals surface area contributed by atoms with E-state index in [9.17, 15) is 9.59 Å². The number of piperidine rings is 1. The summed E-state index contributed by atoms with van der Waals surface area (Å²) in [6.07, 6.45) is 4.12. The van der Waals surface area contributed by atoms with Crippen molar-refractivity contribution < 1.29 is 9.59 Å². The van der Waals surface area contributed by atoms with Gasteiger partial charge in [0.25, 0.3) is 5.91 Å². The summed E-state index contributed by atoms with van der Waals surface area (Å²) < 4.78 is 0. The Labute approximate surface area is 163 Å². The normalized spacial score (nSPS) is 18.5. The van der Waals surface area contributed by atoms with E-state index in [1.165, 1.54) is 0 Å². The van der Waals surface area contributed by atoms with Crippen molar-refractivity contribution in [2.24, 2.45) is 5.92 Å². The molecule has 1 aromatic carbocycles. The monoisotopic (exact) mass is 371 g/mol. The molecule has 1 aliphatic carbocycles. The lowest BCUT2D eigenvalue weighted by Gasteiger charge is -2.34. The first kappa shape index (κ1) is 19.9. The van der Waals surface area contributed by atoms with Crippen LogP contribution in [0.2, 0.25) is 0 Å². The fourth-order valence-corrected chi connectivity index (χ4v) is 3.84. The molecule has 1 saturated heterocycles. The molecule has 1 aliphatic heterocycles. The van der Waals surface area contributed by atoms with Crippen LogP contribution in [0.15, 0.2) is 24.3 Å². The van der Waals surface area contributed by atoms with E-state index in [-0.39, 0.29) is 17.9 Å². The Kier molecular flexibility index (Phi) is 6.53. The molecule has 1 heterocycles. The second kappa shape index (κ2) is 8.87. The number of carbonyl (C=O) groups excluding carboxylic acids is 2. The Morgan fingerprint density at radius 1 is 1.15 bits per heavy atom. The van der Waals surface area contributed by atoms with Gasteiger partial charge >= 0.3 is 0 Å². The SMILES string of the molecule is Cc1ccccc1C(=O)NC1CCN(CC(=O)N(CC(C)C)C2CC2)CC1. The standard InChI is InChI=1S/C22H33N3O2/c1-16(2)14-25(19-8-9-19)21(26)15-24-12-10-18(11-13-24)23-22(27)20-7-5-4-6-17(20)3/h4-7,16,18-19H,8-15H2,1-3H3,(H,23,27). The van der Waals surface area contributed by atoms with Gasteiger partial charge in [0.15, 0.2) is 0 Å². The smallest absolute Gasteiger partial charge is 0.251 e. The van der Waals surface area contributed by atoms with Crippen molar-refractivity contribution in [3.63, 3.8) is 0 Å². The van der Waals surface area contributed by atoms with Gasteiger partial charge in [0.1, 0.15) is 0 Å². The van der Waals surface area contributed by atoms with E-state index in [1.807, 2.05) is 31.2 Å². The molecule has 0 unspecified atom stereocenters. The first-order valence-electron chi connectivity index (χ1n) is 10.3. The maximum atomic E-state index is 12.7. The van der Waals surface area contributed by atoms with E-state index < -0.39 is 0 Å². The highest BCUT2D eigenvalue weighted by atomic mass is 16.2. The second-order valence-electron chi connectivity index (χ2n) is 8.51. The molecule has 1 aromatic rings. The highest BCUT2D eigenvalue weighted by Gasteiger charge is 2.33. The Morgan fingerprint density at radius 3 is 2.41 bits per heavy atom. The van der Waals surface area contributed by atoms with Crippen molar-refractivity contribution in [1.82, 2.24) is 15.1 Å². The molecule has 27 heavy (non-hydrogen) atoms. The lowest BCUT2D eigenvalue weighted by atomic mass is 10.0. The van der Waals surface area contributed by atoms with Crippen molar-refractivity contribution in [3.05, 3.63) is 35.4 Å². The number of likely N-dealkylation sites (tertiary alicyclic amines) is 1. The minimum absolute atomic E-state index is 0.0134. The van der Waals surface area contributed by atoms with Crippen LogP contribution in [-0.2, 0) is 4.79 Å². The predicted molar refractivity (Wildman–Crippen MR) is 108 cm³/mol. The first-order chi connectivity index (χ1) is 12.9. The quantitative estimate of drug-likeness (QED) is 0.802. The first-order valence-corrected chi connectivity index (χ1v) is 10.3. The van der Waals surface area contributed by atoms with Gasteiger partial charge in [0.05, 0.1) is 6.54 Å². The summed E-state index contributed by atoms with van der Waals surface area (Å²) in [5.74, 6) is 0.796. The number of amides is 2. The Balaban J connectivity index is 1.45. The van der Waals surface area contributed by atoms with Crippen molar-refractivity contribution in [1.29, 1.82) is 0 Å². The number of benzene rings is 1. The van der Waals surface area contributed by atoms with E-state index in [0.717, 1.165) is 56.4 Å². The number of hydrogen-bond donors (Lipinski definition) is 1. The summed E-state index contributed by atoms with van der Waals surface area (Å²) >= 11 is 0. The fraction of sp³-hybridized carbons (Fsp3) is 0.636. The molecule has 1 saturated carbocycles. The molecule has 3 rings (SSSR count). The van der Waals surface area contributed by atoms with Gasteiger partial charge in [-0.25, -0.2) is 0 Å². The molecule has 2 amide bonds. The van der Waals surface area contributed by atoms with Crippen LogP contribution in [0, 0.1) is 12.8 Å². The van der Waals surface area contributed by atoms with Crippen LogP contribution in [0.4, 0.5) is 0 Å². The van der Waals surface area contributed by atoms with Crippen molar-refractivity contribution in [2.45, 2.75) is 58.5 Å². The summed E-state index contributed by atoms with van der Waals surface area (Å²) in [6.45, 7) is 9.42. The van der Waals surface area contributed by atoms with E-state index >= 15 is 0 Å². The van der Waals surface area contributed by atoms with Crippen LogP contribution in [-0.4, -0.2) is 59.9 Å². The van der Waals surface area contributed by atoms with Gasteiger partial charge < -0.3 is 10.2 Å². The van der Waals surface area contributed by atoms with Gasteiger partial charge in [-0.15, -0.1) is 0 Å². The van der Waals surface area contributed by atoms with Gasteiger partial charge in [0.2, 0.25) is 5.91 Å². The van der Waals surface area contributed by atoms with Crippen LogP contribution < -0.4 is 5.32 Å². The highest BCUT2D eigenvalue weighted by Crippen LogP contribution is 2.28. The predicted octanol–water partition coefficient (Wildman–Crippen LogP) is 2.84. The Bertz CT molecular complexity index is 661. The number of hydrogen-bond acceptors (Lipinski definition) is 3. The fourth-order valence-electron chi connectivity index (χ4n) is 3.84. The lowest BCUT2D eigenvalue weighted by Crippen LogP contribution is -2.49. The number of rotatable bonds is 7. The van der Waals surface area contributed by atoms with Crippen LogP contribution in [0.5, 0.6) is 0 Å². The molecule has 5 nitrogen and oxygen atoms in total. The minimum atomic E-state index is 0.0134. The molecule has 5 heteroatoms. The lowest BCUT2D eigenvalue weighted by molar-refractivity contribution is -0.133. The van der Waals surface area contributed by atoms with Gasteiger partial charge in [-0.05, 0) is 50.2 Å². The van der Waals surface area contributed by atoms with Crippen LogP contribution in [0.1, 0.15) is 55.5 Å². The van der Waals surface area contributed by atoms with Crippen LogP contribution in [0.3, 0.4) is 0 Å². The average molecular weight is 372 g/mol. The van der Waals surface area contributed by atoms with E-state index in [2.05, 4.69) is 29.0 Å². The topological polar surface area (TPSA) is 52.7 Å². The zero-order chi connectivity index (χ0) is 19.4. The van der Waals surface area contributed by atoms with Gasteiger partial charge in [-0.3, -0.25) is 14.5 Å². The number of nitrogens with one attached hydrogen (secondary N) is 1. The van der Waals surface area contributed by atoms with E-state index in [0.29, 0.717) is 18.5 Å². The molecular formula is C22H33N3O2. The van der Waals surface area contributed by atoms with Crippen molar-refractivity contribution in [2.75, 3.05) is 26.2 Å². The molecule has 0 radical (unpaired) electrons. The second-order valence-corrected chi connectivity index (χ2v) is 8.51. The summed E-state index contributed by atoms with van der Waals surface area (Å²) in [5.41, 5.74) is 1.76.